The first-order valence-corrected chi connectivity index (χ1v) is 6.69. The molecular formula is C13H29Cl2N3O. The lowest BCUT2D eigenvalue weighted by molar-refractivity contribution is -0.122. The van der Waals surface area contributed by atoms with Gasteiger partial charge in [0.05, 0.1) is 0 Å². The van der Waals surface area contributed by atoms with Crippen molar-refractivity contribution in [3.8, 4) is 0 Å². The normalized spacial score (nSPS) is 24.1. The smallest absolute Gasteiger partial charge is 0.220 e. The molecule has 3 N–H and O–H groups in total. The van der Waals surface area contributed by atoms with Crippen LogP contribution in [-0.2, 0) is 4.79 Å². The number of nitrogens with one attached hydrogen (secondary N) is 1. The second kappa shape index (κ2) is 10.7. The second-order valence-corrected chi connectivity index (χ2v) is 5.53. The lowest BCUT2D eigenvalue weighted by atomic mass is 9.83. The van der Waals surface area contributed by atoms with Gasteiger partial charge in [-0.1, -0.05) is 12.8 Å². The van der Waals surface area contributed by atoms with E-state index in [0.717, 1.165) is 12.8 Å². The third-order valence-electron chi connectivity index (χ3n) is 3.89. The molecule has 1 amide bonds. The van der Waals surface area contributed by atoms with Crippen molar-refractivity contribution in [2.24, 2.45) is 11.7 Å². The summed E-state index contributed by atoms with van der Waals surface area (Å²) in [5, 5.41) is 3.00. The second-order valence-electron chi connectivity index (χ2n) is 5.53. The summed E-state index contributed by atoms with van der Waals surface area (Å²) < 4.78 is 0. The van der Waals surface area contributed by atoms with Crippen LogP contribution in [0.25, 0.3) is 0 Å². The van der Waals surface area contributed by atoms with Gasteiger partial charge in [-0.15, -0.1) is 24.8 Å². The summed E-state index contributed by atoms with van der Waals surface area (Å²) in [6.07, 6.45) is 5.22. The van der Waals surface area contributed by atoms with Crippen molar-refractivity contribution in [3.05, 3.63) is 0 Å². The number of rotatable bonds is 5. The average molecular weight is 314 g/mol. The van der Waals surface area contributed by atoms with Gasteiger partial charge in [0.15, 0.2) is 0 Å². The van der Waals surface area contributed by atoms with E-state index >= 15 is 0 Å². The number of halogens is 2. The molecule has 0 heterocycles. The summed E-state index contributed by atoms with van der Waals surface area (Å²) >= 11 is 0. The summed E-state index contributed by atoms with van der Waals surface area (Å²) in [5.41, 5.74) is 6.04. The third-order valence-corrected chi connectivity index (χ3v) is 3.89. The third kappa shape index (κ3) is 7.98. The van der Waals surface area contributed by atoms with E-state index in [-0.39, 0.29) is 36.8 Å². The van der Waals surface area contributed by atoms with Crippen molar-refractivity contribution < 1.29 is 4.79 Å². The number of hydrogen-bond acceptors (Lipinski definition) is 3. The van der Waals surface area contributed by atoms with Crippen LogP contribution in [0.5, 0.6) is 0 Å². The molecule has 1 fully saturated rings. The minimum Gasteiger partial charge on any atom is -0.355 e. The standard InChI is InChI=1S/C13H27N3O.2ClH/c1-10(16(2)3)9-15-13(17)8-11-6-4-5-7-12(11)14;;/h10-12H,4-9,14H2,1-3H3,(H,15,17);2*1H. The Kier molecular flexibility index (Phi) is 12.0. The van der Waals surface area contributed by atoms with Crippen molar-refractivity contribution in [1.29, 1.82) is 0 Å². The largest absolute Gasteiger partial charge is 0.355 e. The monoisotopic (exact) mass is 313 g/mol. The van der Waals surface area contributed by atoms with Crippen LogP contribution in [0.15, 0.2) is 0 Å². The molecule has 3 atom stereocenters. The number of hydrogen-bond donors (Lipinski definition) is 2. The van der Waals surface area contributed by atoms with Crippen molar-refractivity contribution in [3.63, 3.8) is 0 Å². The van der Waals surface area contributed by atoms with E-state index < -0.39 is 0 Å². The van der Waals surface area contributed by atoms with Gasteiger partial charge in [-0.25, -0.2) is 0 Å². The van der Waals surface area contributed by atoms with E-state index in [1.807, 2.05) is 14.1 Å². The highest BCUT2D eigenvalue weighted by atomic mass is 35.5. The topological polar surface area (TPSA) is 58.4 Å². The highest BCUT2D eigenvalue weighted by molar-refractivity contribution is 5.85. The Bertz CT molecular complexity index is 252. The zero-order chi connectivity index (χ0) is 12.8. The molecule has 0 radical (unpaired) electrons. The Morgan fingerprint density at radius 3 is 2.42 bits per heavy atom. The van der Waals surface area contributed by atoms with Crippen LogP contribution in [0.1, 0.15) is 39.0 Å². The molecule has 0 aromatic carbocycles. The van der Waals surface area contributed by atoms with Crippen LogP contribution in [0.2, 0.25) is 0 Å². The quantitative estimate of drug-likeness (QED) is 0.813. The predicted molar refractivity (Wildman–Crippen MR) is 85.2 cm³/mol. The van der Waals surface area contributed by atoms with Gasteiger partial charge in [-0.3, -0.25) is 4.79 Å². The Labute approximate surface area is 129 Å². The minimum atomic E-state index is 0. The van der Waals surface area contributed by atoms with Crippen LogP contribution in [-0.4, -0.2) is 43.5 Å². The van der Waals surface area contributed by atoms with Crippen molar-refractivity contribution in [2.75, 3.05) is 20.6 Å². The van der Waals surface area contributed by atoms with E-state index in [1.165, 1.54) is 12.8 Å². The highest BCUT2D eigenvalue weighted by Gasteiger charge is 2.24. The molecule has 0 bridgehead atoms. The van der Waals surface area contributed by atoms with E-state index in [2.05, 4.69) is 17.1 Å². The fourth-order valence-corrected chi connectivity index (χ4v) is 2.24. The highest BCUT2D eigenvalue weighted by Crippen LogP contribution is 2.25. The lowest BCUT2D eigenvalue weighted by Crippen LogP contribution is -2.41. The van der Waals surface area contributed by atoms with Crippen molar-refractivity contribution >= 4 is 30.7 Å². The first-order chi connectivity index (χ1) is 8.00. The molecule has 0 saturated heterocycles. The van der Waals surface area contributed by atoms with Gasteiger partial charge in [-0.05, 0) is 39.8 Å². The molecule has 0 aromatic rings. The first kappa shape index (κ1) is 21.3. The number of amides is 1. The molecular weight excluding hydrogens is 285 g/mol. The predicted octanol–water partition coefficient (Wildman–Crippen LogP) is 1.80. The zero-order valence-electron chi connectivity index (χ0n) is 12.2. The molecule has 6 heteroatoms. The van der Waals surface area contributed by atoms with Gasteiger partial charge < -0.3 is 16.0 Å². The van der Waals surface area contributed by atoms with Gasteiger partial charge in [0.25, 0.3) is 0 Å². The number of nitrogens with zero attached hydrogens (tertiary/aromatic N) is 1. The maximum atomic E-state index is 11.8. The van der Waals surface area contributed by atoms with Crippen LogP contribution in [0.4, 0.5) is 0 Å². The molecule has 1 aliphatic carbocycles. The lowest BCUT2D eigenvalue weighted by Gasteiger charge is -2.28. The summed E-state index contributed by atoms with van der Waals surface area (Å²) in [5.74, 6) is 0.541. The van der Waals surface area contributed by atoms with Crippen LogP contribution >= 0.6 is 24.8 Å². The fraction of sp³-hybridized carbons (Fsp3) is 0.923. The molecule has 1 aliphatic rings. The summed E-state index contributed by atoms with van der Waals surface area (Å²) in [6, 6.07) is 0.597. The summed E-state index contributed by atoms with van der Waals surface area (Å²) in [7, 11) is 4.04. The summed E-state index contributed by atoms with van der Waals surface area (Å²) in [4.78, 5) is 13.9. The van der Waals surface area contributed by atoms with Crippen LogP contribution in [0, 0.1) is 5.92 Å². The Morgan fingerprint density at radius 1 is 1.32 bits per heavy atom. The van der Waals surface area contributed by atoms with Gasteiger partial charge >= 0.3 is 0 Å². The fourth-order valence-electron chi connectivity index (χ4n) is 2.24. The van der Waals surface area contributed by atoms with Crippen LogP contribution in [0.3, 0.4) is 0 Å². The summed E-state index contributed by atoms with van der Waals surface area (Å²) in [6.45, 7) is 2.82. The Balaban J connectivity index is 0. The Hall–Kier alpha value is -0.0300. The van der Waals surface area contributed by atoms with Gasteiger partial charge in [0, 0.05) is 25.0 Å². The van der Waals surface area contributed by atoms with E-state index in [4.69, 9.17) is 5.73 Å². The molecule has 0 spiro atoms. The zero-order valence-corrected chi connectivity index (χ0v) is 13.9. The Morgan fingerprint density at radius 2 is 1.89 bits per heavy atom. The van der Waals surface area contributed by atoms with Gasteiger partial charge in [-0.2, -0.15) is 0 Å². The maximum Gasteiger partial charge on any atom is 0.220 e. The van der Waals surface area contributed by atoms with Gasteiger partial charge in [0.2, 0.25) is 5.91 Å². The van der Waals surface area contributed by atoms with E-state index in [0.29, 0.717) is 24.9 Å². The van der Waals surface area contributed by atoms with Gasteiger partial charge in [0.1, 0.15) is 0 Å². The minimum absolute atomic E-state index is 0. The SMILES string of the molecule is CC(CNC(=O)CC1CCCCC1N)N(C)C.Cl.Cl. The molecule has 3 unspecified atom stereocenters. The van der Waals surface area contributed by atoms with E-state index in [1.54, 1.807) is 0 Å². The van der Waals surface area contributed by atoms with Crippen molar-refractivity contribution in [2.45, 2.75) is 51.1 Å². The number of likely N-dealkylation sites (N-methyl/N-ethyl adjacent to an activating group) is 1. The number of carbonyl (C=O) groups is 1. The number of nitrogens with two attached hydrogens (primary N) is 1. The maximum absolute atomic E-state index is 11.8. The molecule has 0 aliphatic heterocycles. The molecule has 4 nitrogen and oxygen atoms in total. The van der Waals surface area contributed by atoms with Crippen LogP contribution < -0.4 is 11.1 Å². The molecule has 116 valence electrons. The van der Waals surface area contributed by atoms with E-state index in [9.17, 15) is 4.79 Å². The number of carbonyl (C=O) groups excluding carboxylic acids is 1. The van der Waals surface area contributed by atoms with Crippen molar-refractivity contribution in [1.82, 2.24) is 10.2 Å². The average Bonchev–Trinajstić information content (AvgIpc) is 2.29. The molecule has 1 saturated carbocycles. The molecule has 1 rings (SSSR count). The first-order valence-electron chi connectivity index (χ1n) is 6.69. The molecule has 19 heavy (non-hydrogen) atoms. The molecule has 0 aromatic heterocycles.